The summed E-state index contributed by atoms with van der Waals surface area (Å²) in [6, 6.07) is 7.31. The summed E-state index contributed by atoms with van der Waals surface area (Å²) in [7, 11) is 0. The van der Waals surface area contributed by atoms with E-state index in [1.165, 1.54) is 4.90 Å². The zero-order chi connectivity index (χ0) is 12.3. The highest BCUT2D eigenvalue weighted by Crippen LogP contribution is 2.30. The Morgan fingerprint density at radius 3 is 2.82 bits per heavy atom. The maximum absolute atomic E-state index is 11.8. The lowest BCUT2D eigenvalue weighted by Gasteiger charge is -2.27. The number of Topliss-reactive ketones (excluding diaryl/α,β-unsaturated/α-hetero) is 1. The molecule has 0 aromatic heterocycles. The molecule has 17 heavy (non-hydrogen) atoms. The third-order valence-electron chi connectivity index (χ3n) is 2.73. The first-order valence-corrected chi connectivity index (χ1v) is 5.80. The van der Waals surface area contributed by atoms with Crippen LogP contribution in [0.1, 0.15) is 19.8 Å². The summed E-state index contributed by atoms with van der Waals surface area (Å²) in [6.07, 6.45) is 1.07. The zero-order valence-corrected chi connectivity index (χ0v) is 9.81. The van der Waals surface area contributed by atoms with Crippen molar-refractivity contribution in [3.63, 3.8) is 0 Å². The molecule has 1 amide bonds. The van der Waals surface area contributed by atoms with E-state index < -0.39 is 5.91 Å². The van der Waals surface area contributed by atoms with E-state index in [4.69, 9.17) is 4.74 Å². The molecule has 0 atom stereocenters. The predicted octanol–water partition coefficient (Wildman–Crippen LogP) is 1.78. The van der Waals surface area contributed by atoms with Crippen molar-refractivity contribution < 1.29 is 14.3 Å². The molecule has 4 heteroatoms. The summed E-state index contributed by atoms with van der Waals surface area (Å²) in [6.45, 7) is 3.00. The molecule has 0 N–H and O–H groups in total. The quantitative estimate of drug-likeness (QED) is 0.748. The van der Waals surface area contributed by atoms with Crippen LogP contribution in [0, 0.1) is 0 Å². The lowest BCUT2D eigenvalue weighted by Crippen LogP contribution is -2.41. The molecule has 0 spiro atoms. The van der Waals surface area contributed by atoms with Gasteiger partial charge in [0.1, 0.15) is 5.75 Å². The molecule has 1 aromatic carbocycles. The molecule has 1 aromatic rings. The second-order valence-electron chi connectivity index (χ2n) is 3.88. The predicted molar refractivity (Wildman–Crippen MR) is 64.2 cm³/mol. The van der Waals surface area contributed by atoms with E-state index in [-0.39, 0.29) is 5.78 Å². The topological polar surface area (TPSA) is 46.6 Å². The number of ether oxygens (including phenoxy) is 1. The summed E-state index contributed by atoms with van der Waals surface area (Å²) in [4.78, 5) is 24.7. The molecular weight excluding hydrogens is 218 g/mol. The highest BCUT2D eigenvalue weighted by molar-refractivity contribution is 6.42. The number of piperidine rings is 1. The SMILES string of the molecule is CCOc1ccccc1N1CCCC(=O)C1=O. The minimum absolute atomic E-state index is 0.317. The second-order valence-corrected chi connectivity index (χ2v) is 3.88. The largest absolute Gasteiger partial charge is 0.492 e. The van der Waals surface area contributed by atoms with E-state index >= 15 is 0 Å². The standard InChI is InChI=1S/C13H15NO3/c1-2-17-12-8-4-3-6-10(12)14-9-5-7-11(15)13(14)16/h3-4,6,8H,2,5,7,9H2,1H3. The van der Waals surface area contributed by atoms with E-state index in [1.54, 1.807) is 0 Å². The first-order chi connectivity index (χ1) is 8.24. The molecule has 2 rings (SSSR count). The Morgan fingerprint density at radius 2 is 2.06 bits per heavy atom. The molecule has 0 aliphatic carbocycles. The van der Waals surface area contributed by atoms with Crippen LogP contribution in [-0.2, 0) is 9.59 Å². The van der Waals surface area contributed by atoms with Crippen molar-refractivity contribution in [2.75, 3.05) is 18.1 Å². The van der Waals surface area contributed by atoms with Gasteiger partial charge in [0.2, 0.25) is 5.78 Å². The number of carbonyl (C=O) groups is 2. The molecule has 0 radical (unpaired) electrons. The molecule has 4 nitrogen and oxygen atoms in total. The van der Waals surface area contributed by atoms with Crippen molar-refractivity contribution in [3.05, 3.63) is 24.3 Å². The van der Waals surface area contributed by atoms with Gasteiger partial charge in [0.25, 0.3) is 5.91 Å². The van der Waals surface area contributed by atoms with Crippen LogP contribution in [0.2, 0.25) is 0 Å². The van der Waals surface area contributed by atoms with Crippen molar-refractivity contribution in [1.29, 1.82) is 0 Å². The Hall–Kier alpha value is -1.84. The lowest BCUT2D eigenvalue weighted by atomic mass is 10.1. The van der Waals surface area contributed by atoms with Crippen LogP contribution >= 0.6 is 0 Å². The summed E-state index contributed by atoms with van der Waals surface area (Å²) in [5, 5.41) is 0. The molecule has 1 aliphatic rings. The number of hydrogen-bond acceptors (Lipinski definition) is 3. The zero-order valence-electron chi connectivity index (χ0n) is 9.81. The Kier molecular flexibility index (Phi) is 3.42. The van der Waals surface area contributed by atoms with Gasteiger partial charge >= 0.3 is 0 Å². The van der Waals surface area contributed by atoms with Gasteiger partial charge in [-0.15, -0.1) is 0 Å². The van der Waals surface area contributed by atoms with Crippen molar-refractivity contribution in [2.45, 2.75) is 19.8 Å². The number of carbonyl (C=O) groups excluding carboxylic acids is 2. The molecule has 90 valence electrons. The minimum Gasteiger partial charge on any atom is -0.492 e. The maximum Gasteiger partial charge on any atom is 0.294 e. The Morgan fingerprint density at radius 1 is 1.29 bits per heavy atom. The first-order valence-electron chi connectivity index (χ1n) is 5.80. The number of ketones is 1. The first kappa shape index (κ1) is 11.6. The van der Waals surface area contributed by atoms with E-state index in [9.17, 15) is 9.59 Å². The van der Waals surface area contributed by atoms with E-state index in [2.05, 4.69) is 0 Å². The number of hydrogen-bond donors (Lipinski definition) is 0. The van der Waals surface area contributed by atoms with Crippen LogP contribution in [0.15, 0.2) is 24.3 Å². The fraction of sp³-hybridized carbons (Fsp3) is 0.385. The third-order valence-corrected chi connectivity index (χ3v) is 2.73. The van der Waals surface area contributed by atoms with Gasteiger partial charge in [-0.05, 0) is 25.5 Å². The van der Waals surface area contributed by atoms with Gasteiger partial charge in [-0.3, -0.25) is 9.59 Å². The van der Waals surface area contributed by atoms with Crippen LogP contribution in [0.3, 0.4) is 0 Å². The van der Waals surface area contributed by atoms with Crippen LogP contribution in [0.5, 0.6) is 5.75 Å². The molecule has 0 saturated carbocycles. The molecule has 0 bridgehead atoms. The van der Waals surface area contributed by atoms with Crippen LogP contribution in [0.4, 0.5) is 5.69 Å². The van der Waals surface area contributed by atoms with Gasteiger partial charge < -0.3 is 9.64 Å². The van der Waals surface area contributed by atoms with Gasteiger partial charge in [-0.1, -0.05) is 12.1 Å². The van der Waals surface area contributed by atoms with Crippen molar-refractivity contribution in [3.8, 4) is 5.75 Å². The number of amides is 1. The van der Waals surface area contributed by atoms with Crippen LogP contribution in [-0.4, -0.2) is 24.8 Å². The Labute approximate surface area is 100 Å². The van der Waals surface area contributed by atoms with Crippen LogP contribution in [0.25, 0.3) is 0 Å². The third kappa shape index (κ3) is 2.30. The molecular formula is C13H15NO3. The van der Waals surface area contributed by atoms with Crippen LogP contribution < -0.4 is 9.64 Å². The lowest BCUT2D eigenvalue weighted by molar-refractivity contribution is -0.137. The van der Waals surface area contributed by atoms with E-state index in [1.807, 2.05) is 31.2 Å². The number of para-hydroxylation sites is 2. The van der Waals surface area contributed by atoms with E-state index in [0.29, 0.717) is 37.4 Å². The fourth-order valence-corrected chi connectivity index (χ4v) is 1.94. The summed E-state index contributed by atoms with van der Waals surface area (Å²) in [5.74, 6) is -0.0935. The van der Waals surface area contributed by atoms with Gasteiger partial charge in [0.05, 0.1) is 12.3 Å². The van der Waals surface area contributed by atoms with Gasteiger partial charge in [0, 0.05) is 13.0 Å². The summed E-state index contributed by atoms with van der Waals surface area (Å²) < 4.78 is 5.47. The Balaban J connectivity index is 2.32. The average Bonchev–Trinajstić information content (AvgIpc) is 2.34. The normalized spacial score (nSPS) is 16.2. The van der Waals surface area contributed by atoms with Crippen molar-refractivity contribution >= 4 is 17.4 Å². The summed E-state index contributed by atoms with van der Waals surface area (Å²) in [5.41, 5.74) is 0.687. The molecule has 1 fully saturated rings. The van der Waals surface area contributed by atoms with Gasteiger partial charge in [-0.25, -0.2) is 0 Å². The fourth-order valence-electron chi connectivity index (χ4n) is 1.94. The molecule has 0 unspecified atom stereocenters. The van der Waals surface area contributed by atoms with Gasteiger partial charge in [0.15, 0.2) is 0 Å². The van der Waals surface area contributed by atoms with Crippen molar-refractivity contribution in [2.24, 2.45) is 0 Å². The summed E-state index contributed by atoms with van der Waals surface area (Å²) >= 11 is 0. The molecule has 1 aliphatic heterocycles. The highest BCUT2D eigenvalue weighted by atomic mass is 16.5. The molecule has 1 heterocycles. The number of anilines is 1. The minimum atomic E-state index is -0.427. The smallest absolute Gasteiger partial charge is 0.294 e. The molecule has 1 saturated heterocycles. The average molecular weight is 233 g/mol. The number of nitrogens with zero attached hydrogens (tertiary/aromatic N) is 1. The van der Waals surface area contributed by atoms with Crippen molar-refractivity contribution in [1.82, 2.24) is 0 Å². The number of rotatable bonds is 3. The van der Waals surface area contributed by atoms with Gasteiger partial charge in [-0.2, -0.15) is 0 Å². The monoisotopic (exact) mass is 233 g/mol. The number of benzene rings is 1. The van der Waals surface area contributed by atoms with E-state index in [0.717, 1.165) is 0 Å². The second kappa shape index (κ2) is 4.99. The maximum atomic E-state index is 11.8. The Bertz CT molecular complexity index is 442. The highest BCUT2D eigenvalue weighted by Gasteiger charge is 2.28.